The van der Waals surface area contributed by atoms with E-state index in [1.165, 1.54) is 0 Å². The van der Waals surface area contributed by atoms with E-state index in [1.807, 2.05) is 19.9 Å². The molecule has 0 saturated heterocycles. The van der Waals surface area contributed by atoms with Crippen LogP contribution in [0.25, 0.3) is 0 Å². The molecule has 0 fully saturated rings. The molecule has 152 valence electrons. The van der Waals surface area contributed by atoms with Crippen molar-refractivity contribution < 1.29 is 23.8 Å². The Labute approximate surface area is 162 Å². The molecule has 0 saturated carbocycles. The fourth-order valence-electron chi connectivity index (χ4n) is 2.91. The predicted octanol–water partition coefficient (Wildman–Crippen LogP) is 3.16. The van der Waals surface area contributed by atoms with E-state index in [0.717, 1.165) is 29.4 Å². The van der Waals surface area contributed by atoms with Gasteiger partial charge in [-0.1, -0.05) is 13.8 Å². The topological polar surface area (TPSA) is 85.7 Å². The number of nitrogens with zero attached hydrogens (tertiary/aromatic N) is 2. The van der Waals surface area contributed by atoms with Crippen molar-refractivity contribution >= 4 is 11.8 Å². The number of nitrogens with one attached hydrogen (secondary N) is 1. The number of aliphatic hydroxyl groups is 1. The van der Waals surface area contributed by atoms with Gasteiger partial charge in [0.15, 0.2) is 0 Å². The Morgan fingerprint density at radius 1 is 1.18 bits per heavy atom. The first kappa shape index (κ1) is 21.6. The molecule has 0 unspecified atom stereocenters. The van der Waals surface area contributed by atoms with E-state index in [-0.39, 0.29) is 24.4 Å². The van der Waals surface area contributed by atoms with Crippen molar-refractivity contribution in [2.75, 3.05) is 18.5 Å². The highest BCUT2D eigenvalue weighted by atomic mass is 19.1. The second-order valence-electron chi connectivity index (χ2n) is 7.12. The van der Waals surface area contributed by atoms with Crippen LogP contribution >= 0.6 is 0 Å². The number of likely N-dealkylation sites (N-methyl/N-ethyl adjacent to an activating group) is 1. The van der Waals surface area contributed by atoms with Crippen molar-refractivity contribution in [1.29, 1.82) is 0 Å². The Morgan fingerprint density at radius 2 is 1.82 bits per heavy atom. The molecule has 2 rings (SSSR count). The van der Waals surface area contributed by atoms with Crippen LogP contribution in [0.15, 0.2) is 36.7 Å². The maximum absolute atomic E-state index is 13.4. The van der Waals surface area contributed by atoms with Crippen LogP contribution in [0.5, 0.6) is 0 Å². The zero-order valence-electron chi connectivity index (χ0n) is 16.1. The molecule has 2 aromatic rings. The third kappa shape index (κ3) is 6.16. The van der Waals surface area contributed by atoms with Crippen molar-refractivity contribution in [3.05, 3.63) is 59.4 Å². The van der Waals surface area contributed by atoms with Gasteiger partial charge in [-0.3, -0.25) is 4.98 Å². The van der Waals surface area contributed by atoms with Gasteiger partial charge in [-0.2, -0.15) is 0 Å². The number of carbonyl (C=O) groups is 1. The van der Waals surface area contributed by atoms with E-state index < -0.39 is 29.9 Å². The Bertz CT molecular complexity index is 797. The molecular weight excluding hydrogens is 368 g/mol. The van der Waals surface area contributed by atoms with Gasteiger partial charge in [0.2, 0.25) is 0 Å². The number of hydrogen-bond donors (Lipinski definition) is 3. The predicted molar refractivity (Wildman–Crippen MR) is 103 cm³/mol. The van der Waals surface area contributed by atoms with Crippen LogP contribution in [0.1, 0.15) is 30.9 Å². The fraction of sp³-hybridized carbons (Fsp3) is 0.400. The van der Waals surface area contributed by atoms with Gasteiger partial charge in [0, 0.05) is 25.9 Å². The highest BCUT2D eigenvalue weighted by molar-refractivity contribution is 5.65. The van der Waals surface area contributed by atoms with E-state index in [9.17, 15) is 18.7 Å². The van der Waals surface area contributed by atoms with Crippen molar-refractivity contribution in [2.24, 2.45) is 0 Å². The minimum absolute atomic E-state index is 0.0553. The molecule has 8 heteroatoms. The third-order valence-corrected chi connectivity index (χ3v) is 4.46. The maximum Gasteiger partial charge on any atom is 0.404 e. The van der Waals surface area contributed by atoms with E-state index >= 15 is 0 Å². The lowest BCUT2D eigenvalue weighted by Gasteiger charge is -2.28. The molecule has 0 aliphatic carbocycles. The van der Waals surface area contributed by atoms with Gasteiger partial charge in [-0.15, -0.1) is 0 Å². The van der Waals surface area contributed by atoms with Crippen molar-refractivity contribution in [1.82, 2.24) is 10.3 Å². The van der Waals surface area contributed by atoms with E-state index in [2.05, 4.69) is 10.3 Å². The van der Waals surface area contributed by atoms with Crippen LogP contribution in [-0.2, 0) is 6.42 Å². The third-order valence-electron chi connectivity index (χ3n) is 4.46. The summed E-state index contributed by atoms with van der Waals surface area (Å²) < 4.78 is 26.8. The van der Waals surface area contributed by atoms with E-state index in [4.69, 9.17) is 5.11 Å². The Hall–Kier alpha value is -2.74. The van der Waals surface area contributed by atoms with Gasteiger partial charge < -0.3 is 20.4 Å². The number of benzene rings is 1. The van der Waals surface area contributed by atoms with Gasteiger partial charge in [-0.05, 0) is 41.7 Å². The lowest BCUT2D eigenvalue weighted by molar-refractivity contribution is 0.124. The molecule has 0 radical (unpaired) electrons. The molecule has 0 aliphatic rings. The normalized spacial score (nSPS) is 13.2. The van der Waals surface area contributed by atoms with Crippen LogP contribution < -0.4 is 10.2 Å². The molecule has 28 heavy (non-hydrogen) atoms. The summed E-state index contributed by atoms with van der Waals surface area (Å²) in [7, 11) is 1.75. The second-order valence-corrected chi connectivity index (χ2v) is 7.12. The van der Waals surface area contributed by atoms with E-state index in [1.54, 1.807) is 24.3 Å². The number of hydrogen-bond acceptors (Lipinski definition) is 4. The summed E-state index contributed by atoms with van der Waals surface area (Å²) in [4.78, 5) is 17.1. The molecule has 0 aliphatic heterocycles. The molecule has 1 aromatic heterocycles. The summed E-state index contributed by atoms with van der Waals surface area (Å²) in [5.41, 5.74) is 2.06. The lowest BCUT2D eigenvalue weighted by atomic mass is 10.0. The highest BCUT2D eigenvalue weighted by Crippen LogP contribution is 2.20. The number of aromatic nitrogens is 1. The lowest BCUT2D eigenvalue weighted by Crippen LogP contribution is -2.48. The van der Waals surface area contributed by atoms with Gasteiger partial charge in [0.1, 0.15) is 11.6 Å². The van der Waals surface area contributed by atoms with Crippen molar-refractivity contribution in [2.45, 2.75) is 38.3 Å². The monoisotopic (exact) mass is 393 g/mol. The summed E-state index contributed by atoms with van der Waals surface area (Å²) >= 11 is 0. The van der Waals surface area contributed by atoms with Gasteiger partial charge in [0.05, 0.1) is 24.0 Å². The molecule has 1 aromatic carbocycles. The van der Waals surface area contributed by atoms with Crippen LogP contribution in [0.4, 0.5) is 19.3 Å². The Kier molecular flexibility index (Phi) is 7.28. The molecule has 3 N–H and O–H groups in total. The summed E-state index contributed by atoms with van der Waals surface area (Å²) in [6.45, 7) is 4.19. The minimum Gasteiger partial charge on any atom is -0.465 e. The van der Waals surface area contributed by atoms with Crippen molar-refractivity contribution in [3.8, 4) is 0 Å². The number of halogens is 2. The molecule has 1 amide bonds. The van der Waals surface area contributed by atoms with Crippen molar-refractivity contribution in [3.63, 3.8) is 0 Å². The maximum atomic E-state index is 13.4. The molecule has 0 bridgehead atoms. The van der Waals surface area contributed by atoms with Gasteiger partial charge in [-0.25, -0.2) is 13.6 Å². The number of pyridine rings is 1. The number of rotatable bonds is 8. The molecule has 6 nitrogen and oxygen atoms in total. The first-order chi connectivity index (χ1) is 13.2. The average molecular weight is 393 g/mol. The minimum atomic E-state index is -1.33. The van der Waals surface area contributed by atoms with Crippen LogP contribution in [0.2, 0.25) is 0 Å². The van der Waals surface area contributed by atoms with Crippen LogP contribution in [-0.4, -0.2) is 47.0 Å². The standard InChI is InChI=1S/C20H25F2N3O3/c1-12(2)14-7-17(10-23-9-14)25(3)11-19(26)18(24-20(27)28)6-13-4-15(21)8-16(22)5-13/h4-5,7-10,12,18-19,24,26H,6,11H2,1-3H3,(H,27,28)/t18-,19+/m0/s1. The Morgan fingerprint density at radius 3 is 2.39 bits per heavy atom. The largest absolute Gasteiger partial charge is 0.465 e. The summed E-state index contributed by atoms with van der Waals surface area (Å²) in [5.74, 6) is -1.23. The smallest absolute Gasteiger partial charge is 0.404 e. The van der Waals surface area contributed by atoms with Gasteiger partial charge >= 0.3 is 6.09 Å². The number of carboxylic acid groups (broad SMARTS) is 1. The summed E-state index contributed by atoms with van der Waals surface area (Å²) in [6.07, 6.45) is 0.925. The zero-order chi connectivity index (χ0) is 20.8. The number of amides is 1. The number of anilines is 1. The fourth-order valence-corrected chi connectivity index (χ4v) is 2.91. The molecule has 2 atom stereocenters. The highest BCUT2D eigenvalue weighted by Gasteiger charge is 2.24. The van der Waals surface area contributed by atoms with Gasteiger partial charge in [0.25, 0.3) is 0 Å². The summed E-state index contributed by atoms with van der Waals surface area (Å²) in [6, 6.07) is 3.98. The average Bonchev–Trinajstić information content (AvgIpc) is 2.59. The molecule has 0 spiro atoms. The molecule has 1 heterocycles. The molecular formula is C20H25F2N3O3. The van der Waals surface area contributed by atoms with E-state index in [0.29, 0.717) is 0 Å². The zero-order valence-corrected chi connectivity index (χ0v) is 16.1. The summed E-state index contributed by atoms with van der Waals surface area (Å²) in [5, 5.41) is 21.9. The quantitative estimate of drug-likeness (QED) is 0.642. The second kappa shape index (κ2) is 9.45. The Balaban J connectivity index is 2.14. The SMILES string of the molecule is CC(C)c1cncc(N(C)C[C@@H](O)[C@H](Cc2cc(F)cc(F)c2)NC(=O)O)c1. The first-order valence-corrected chi connectivity index (χ1v) is 8.94. The number of aliphatic hydroxyl groups excluding tert-OH is 1. The first-order valence-electron chi connectivity index (χ1n) is 8.94. The van der Waals surface area contributed by atoms with Crippen LogP contribution in [0, 0.1) is 11.6 Å². The van der Waals surface area contributed by atoms with Crippen LogP contribution in [0.3, 0.4) is 0 Å².